The summed E-state index contributed by atoms with van der Waals surface area (Å²) in [7, 11) is 4.47. The van der Waals surface area contributed by atoms with Crippen LogP contribution in [0.2, 0.25) is 0 Å². The average Bonchev–Trinajstić information content (AvgIpc) is 2.47. The number of nitrogens with zero attached hydrogens (tertiary/aromatic N) is 2. The molecule has 164 valence electrons. The number of hydrogen-bond donors (Lipinski definition) is 0. The van der Waals surface area contributed by atoms with Gasteiger partial charge in [-0.2, -0.15) is 0 Å². The fraction of sp³-hybridized carbons (Fsp3) is 1.00. The van der Waals surface area contributed by atoms with Crippen LogP contribution in [-0.2, 0) is 14.2 Å². The summed E-state index contributed by atoms with van der Waals surface area (Å²) in [5.41, 5.74) is 0.428. The first kappa shape index (κ1) is 22.5. The van der Waals surface area contributed by atoms with E-state index in [1.807, 2.05) is 0 Å². The van der Waals surface area contributed by atoms with Gasteiger partial charge in [0.2, 0.25) is 5.79 Å². The Kier molecular flexibility index (Phi) is 5.55. The Morgan fingerprint density at radius 1 is 0.607 bits per heavy atom. The van der Waals surface area contributed by atoms with E-state index in [9.17, 15) is 0 Å². The first-order valence-corrected chi connectivity index (χ1v) is 11.0. The van der Waals surface area contributed by atoms with Crippen molar-refractivity contribution < 1.29 is 14.2 Å². The standard InChI is InChI=1S/C23H44N2O3/c1-19(2)11-17(12-20(3,4)24(19)9)27-23(15-26-16-23)28-18-13-21(5,6)25(10)22(7,8)14-18/h17-18H,11-16H2,1-10H3. The van der Waals surface area contributed by atoms with E-state index < -0.39 is 5.79 Å². The van der Waals surface area contributed by atoms with Gasteiger partial charge in [-0.15, -0.1) is 0 Å². The van der Waals surface area contributed by atoms with Crippen LogP contribution in [0, 0.1) is 0 Å². The number of rotatable bonds is 4. The third-order valence-corrected chi connectivity index (χ3v) is 7.95. The Labute approximate surface area is 173 Å². The average molecular weight is 397 g/mol. The van der Waals surface area contributed by atoms with E-state index in [-0.39, 0.29) is 34.4 Å². The second kappa shape index (κ2) is 6.91. The summed E-state index contributed by atoms with van der Waals surface area (Å²) >= 11 is 0. The van der Waals surface area contributed by atoms with Crippen LogP contribution in [0.3, 0.4) is 0 Å². The second-order valence-electron chi connectivity index (χ2n) is 12.1. The van der Waals surface area contributed by atoms with Crippen LogP contribution < -0.4 is 0 Å². The largest absolute Gasteiger partial charge is 0.370 e. The molecule has 0 aromatic rings. The molecule has 3 rings (SSSR count). The molecule has 0 atom stereocenters. The summed E-state index contributed by atoms with van der Waals surface area (Å²) in [6.07, 6.45) is 4.45. The third-order valence-electron chi connectivity index (χ3n) is 7.95. The van der Waals surface area contributed by atoms with Gasteiger partial charge in [0.25, 0.3) is 0 Å². The van der Waals surface area contributed by atoms with E-state index in [1.165, 1.54) is 0 Å². The molecule has 5 nitrogen and oxygen atoms in total. The Morgan fingerprint density at radius 3 is 1.11 bits per heavy atom. The molecule has 0 bridgehead atoms. The molecule has 3 aliphatic rings. The molecule has 0 aromatic carbocycles. The molecule has 0 aliphatic carbocycles. The van der Waals surface area contributed by atoms with Crippen molar-refractivity contribution in [3.8, 4) is 0 Å². The van der Waals surface area contributed by atoms with Crippen LogP contribution in [0.1, 0.15) is 81.1 Å². The summed E-state index contributed by atoms with van der Waals surface area (Å²) in [5.74, 6) is -0.570. The van der Waals surface area contributed by atoms with Gasteiger partial charge < -0.3 is 14.2 Å². The third kappa shape index (κ3) is 4.15. The molecule has 0 saturated carbocycles. The van der Waals surface area contributed by atoms with Gasteiger partial charge in [0.05, 0.1) is 12.2 Å². The van der Waals surface area contributed by atoms with Crippen molar-refractivity contribution in [1.82, 2.24) is 9.80 Å². The van der Waals surface area contributed by atoms with Crippen LogP contribution in [0.25, 0.3) is 0 Å². The van der Waals surface area contributed by atoms with E-state index in [1.54, 1.807) is 0 Å². The maximum atomic E-state index is 6.71. The molecule has 0 spiro atoms. The van der Waals surface area contributed by atoms with E-state index in [0.717, 1.165) is 25.7 Å². The lowest BCUT2D eigenvalue weighted by atomic mass is 9.78. The molecular weight excluding hydrogens is 352 g/mol. The van der Waals surface area contributed by atoms with Crippen molar-refractivity contribution >= 4 is 0 Å². The minimum absolute atomic E-state index is 0.107. The van der Waals surface area contributed by atoms with Gasteiger partial charge in [-0.1, -0.05) is 0 Å². The SMILES string of the molecule is CN1C(C)(C)CC(OC2(OC3CC(C)(C)N(C)C(C)(C)C3)COC2)CC1(C)C. The van der Waals surface area contributed by atoms with Gasteiger partial charge in [0.15, 0.2) is 0 Å². The lowest BCUT2D eigenvalue weighted by molar-refractivity contribution is -0.380. The van der Waals surface area contributed by atoms with Crippen LogP contribution in [0.4, 0.5) is 0 Å². The zero-order valence-corrected chi connectivity index (χ0v) is 20.0. The molecule has 5 heteroatoms. The Morgan fingerprint density at radius 2 is 0.893 bits per heavy atom. The van der Waals surface area contributed by atoms with Crippen molar-refractivity contribution in [2.45, 2.75) is 121 Å². The molecule has 3 heterocycles. The minimum Gasteiger partial charge on any atom is -0.370 e. The number of likely N-dealkylation sites (tertiary alicyclic amines) is 2. The van der Waals surface area contributed by atoms with Crippen LogP contribution in [0.15, 0.2) is 0 Å². The van der Waals surface area contributed by atoms with Gasteiger partial charge in [-0.25, -0.2) is 0 Å². The lowest BCUT2D eigenvalue weighted by Crippen LogP contribution is -2.65. The predicted molar refractivity (Wildman–Crippen MR) is 114 cm³/mol. The highest BCUT2D eigenvalue weighted by Crippen LogP contribution is 2.43. The maximum absolute atomic E-state index is 6.71. The molecule has 28 heavy (non-hydrogen) atoms. The summed E-state index contributed by atoms with van der Waals surface area (Å²) in [6, 6.07) is 0. The number of hydrogen-bond acceptors (Lipinski definition) is 5. The topological polar surface area (TPSA) is 34.2 Å². The van der Waals surface area contributed by atoms with Gasteiger partial charge in [0.1, 0.15) is 13.2 Å². The highest BCUT2D eigenvalue weighted by Gasteiger charge is 2.52. The zero-order chi connectivity index (χ0) is 21.2. The maximum Gasteiger partial charge on any atom is 0.216 e. The smallest absolute Gasteiger partial charge is 0.216 e. The number of ether oxygens (including phenoxy) is 3. The van der Waals surface area contributed by atoms with E-state index in [0.29, 0.717) is 13.2 Å². The Balaban J connectivity index is 1.71. The highest BCUT2D eigenvalue weighted by atomic mass is 16.8. The van der Waals surface area contributed by atoms with Crippen LogP contribution >= 0.6 is 0 Å². The quantitative estimate of drug-likeness (QED) is 0.670. The fourth-order valence-electron chi connectivity index (χ4n) is 5.77. The van der Waals surface area contributed by atoms with Crippen LogP contribution in [-0.4, -0.2) is 77.3 Å². The van der Waals surface area contributed by atoms with Gasteiger partial charge >= 0.3 is 0 Å². The van der Waals surface area contributed by atoms with E-state index in [4.69, 9.17) is 14.2 Å². The molecule has 0 amide bonds. The van der Waals surface area contributed by atoms with E-state index >= 15 is 0 Å². The van der Waals surface area contributed by atoms with Gasteiger partial charge in [0, 0.05) is 22.2 Å². The molecule has 3 aliphatic heterocycles. The molecule has 3 fully saturated rings. The Hall–Kier alpha value is -0.200. The van der Waals surface area contributed by atoms with Crippen LogP contribution in [0.5, 0.6) is 0 Å². The first-order valence-electron chi connectivity index (χ1n) is 11.0. The van der Waals surface area contributed by atoms with Gasteiger partial charge in [-0.05, 0) is 95.2 Å². The molecule has 0 N–H and O–H groups in total. The summed E-state index contributed by atoms with van der Waals surface area (Å²) in [5, 5.41) is 0. The summed E-state index contributed by atoms with van der Waals surface area (Å²) in [4.78, 5) is 4.99. The van der Waals surface area contributed by atoms with Crippen molar-refractivity contribution in [2.75, 3.05) is 27.3 Å². The molecule has 0 aromatic heterocycles. The fourth-order valence-corrected chi connectivity index (χ4v) is 5.77. The zero-order valence-electron chi connectivity index (χ0n) is 20.0. The van der Waals surface area contributed by atoms with Crippen molar-refractivity contribution in [3.05, 3.63) is 0 Å². The highest BCUT2D eigenvalue weighted by molar-refractivity contribution is 5.02. The summed E-state index contributed by atoms with van der Waals surface area (Å²) < 4.78 is 19.0. The Bertz CT molecular complexity index is 498. The van der Waals surface area contributed by atoms with Crippen molar-refractivity contribution in [1.29, 1.82) is 0 Å². The molecule has 3 saturated heterocycles. The lowest BCUT2D eigenvalue weighted by Gasteiger charge is -2.57. The normalized spacial score (nSPS) is 32.8. The monoisotopic (exact) mass is 396 g/mol. The predicted octanol–water partition coefficient (Wildman–Crippen LogP) is 4.05. The minimum atomic E-state index is -0.570. The van der Waals surface area contributed by atoms with Crippen molar-refractivity contribution in [2.24, 2.45) is 0 Å². The summed E-state index contributed by atoms with van der Waals surface area (Å²) in [6.45, 7) is 19.6. The molecular formula is C23H44N2O3. The molecule has 0 radical (unpaired) electrons. The van der Waals surface area contributed by atoms with Crippen molar-refractivity contribution in [3.63, 3.8) is 0 Å². The van der Waals surface area contributed by atoms with E-state index in [2.05, 4.69) is 79.3 Å². The second-order valence-corrected chi connectivity index (χ2v) is 12.1. The molecule has 0 unspecified atom stereocenters. The first-order chi connectivity index (χ1) is 12.6. The number of piperidine rings is 2. The van der Waals surface area contributed by atoms with Gasteiger partial charge in [-0.3, -0.25) is 9.80 Å².